The molecule has 17 heavy (non-hydrogen) atoms. The Morgan fingerprint density at radius 2 is 2.00 bits per heavy atom. The van der Waals surface area contributed by atoms with Gasteiger partial charge in [0.1, 0.15) is 0 Å². The van der Waals surface area contributed by atoms with Crippen LogP contribution in [0.5, 0.6) is 5.75 Å². The molecule has 0 saturated heterocycles. The molecule has 0 aliphatic rings. The van der Waals surface area contributed by atoms with Gasteiger partial charge in [-0.15, -0.1) is 0 Å². The first-order valence-electron chi connectivity index (χ1n) is 6.32. The first-order valence-corrected chi connectivity index (χ1v) is 6.32. The van der Waals surface area contributed by atoms with Gasteiger partial charge in [-0.25, -0.2) is 4.39 Å². The first-order chi connectivity index (χ1) is 8.21. The molecule has 0 fully saturated rings. The largest absolute Gasteiger partial charge is 0.490 e. The van der Waals surface area contributed by atoms with E-state index in [0.29, 0.717) is 31.2 Å². The molecule has 3 heteroatoms. The zero-order valence-corrected chi connectivity index (χ0v) is 10.7. The monoisotopic (exact) mass is 239 g/mol. The van der Waals surface area contributed by atoms with Crippen molar-refractivity contribution in [3.8, 4) is 5.75 Å². The summed E-state index contributed by atoms with van der Waals surface area (Å²) in [6.07, 6.45) is 2.82. The number of nitrogens with two attached hydrogens (primary N) is 1. The molecule has 96 valence electrons. The van der Waals surface area contributed by atoms with E-state index < -0.39 is 0 Å². The molecule has 0 aliphatic heterocycles. The van der Waals surface area contributed by atoms with E-state index in [1.807, 2.05) is 6.07 Å². The van der Waals surface area contributed by atoms with Gasteiger partial charge in [-0.2, -0.15) is 0 Å². The van der Waals surface area contributed by atoms with Crippen molar-refractivity contribution in [3.05, 3.63) is 29.6 Å². The van der Waals surface area contributed by atoms with E-state index in [-0.39, 0.29) is 5.82 Å². The summed E-state index contributed by atoms with van der Waals surface area (Å²) in [5, 5.41) is 0. The lowest BCUT2D eigenvalue weighted by atomic mass is 10.1. The van der Waals surface area contributed by atoms with Gasteiger partial charge in [-0.1, -0.05) is 32.8 Å². The van der Waals surface area contributed by atoms with Crippen LogP contribution in [0.15, 0.2) is 18.2 Å². The lowest BCUT2D eigenvalue weighted by Gasteiger charge is -2.14. The van der Waals surface area contributed by atoms with E-state index in [4.69, 9.17) is 10.5 Å². The van der Waals surface area contributed by atoms with Gasteiger partial charge in [0.2, 0.25) is 0 Å². The van der Waals surface area contributed by atoms with Gasteiger partial charge in [0.25, 0.3) is 0 Å². The highest BCUT2D eigenvalue weighted by Crippen LogP contribution is 2.20. The normalized spacial score (nSPS) is 10.9. The Kier molecular flexibility index (Phi) is 5.98. The number of rotatable bonds is 7. The molecule has 1 aromatic rings. The Morgan fingerprint density at radius 3 is 2.53 bits per heavy atom. The molecule has 0 radical (unpaired) electrons. The maximum atomic E-state index is 13.7. The van der Waals surface area contributed by atoms with Gasteiger partial charge in [0.05, 0.1) is 6.61 Å². The van der Waals surface area contributed by atoms with Gasteiger partial charge < -0.3 is 10.5 Å². The van der Waals surface area contributed by atoms with E-state index in [1.54, 1.807) is 6.07 Å². The molecule has 0 saturated carbocycles. The van der Waals surface area contributed by atoms with Crippen LogP contribution in [0.1, 0.15) is 32.3 Å². The molecule has 1 rings (SSSR count). The average molecular weight is 239 g/mol. The Bertz CT molecular complexity index is 337. The van der Waals surface area contributed by atoms with Crippen molar-refractivity contribution in [2.75, 3.05) is 13.2 Å². The number of hydrogen-bond acceptors (Lipinski definition) is 2. The number of halogens is 1. The predicted molar refractivity (Wildman–Crippen MR) is 68.7 cm³/mol. The van der Waals surface area contributed by atoms with Crippen LogP contribution < -0.4 is 10.5 Å². The second-order valence-electron chi connectivity index (χ2n) is 4.30. The first kappa shape index (κ1) is 14.0. The molecule has 2 N–H and O–H groups in total. The fraction of sp³-hybridized carbons (Fsp3) is 0.571. The second kappa shape index (κ2) is 7.28. The summed E-state index contributed by atoms with van der Waals surface area (Å²) in [5.74, 6) is 0.553. The SMILES string of the molecule is CCC(CC)COc1ccc(CCN)cc1F. The molecule has 0 bridgehead atoms. The number of ether oxygens (including phenoxy) is 1. The van der Waals surface area contributed by atoms with Gasteiger partial charge >= 0.3 is 0 Å². The highest BCUT2D eigenvalue weighted by atomic mass is 19.1. The lowest BCUT2D eigenvalue weighted by Crippen LogP contribution is -2.11. The number of hydrogen-bond donors (Lipinski definition) is 1. The van der Waals surface area contributed by atoms with Gasteiger partial charge in [-0.05, 0) is 36.6 Å². The molecule has 0 spiro atoms. The number of benzene rings is 1. The Hall–Kier alpha value is -1.09. The summed E-state index contributed by atoms with van der Waals surface area (Å²) < 4.78 is 19.2. The van der Waals surface area contributed by atoms with E-state index in [2.05, 4.69) is 13.8 Å². The molecule has 0 unspecified atom stereocenters. The smallest absolute Gasteiger partial charge is 0.165 e. The van der Waals surface area contributed by atoms with E-state index in [0.717, 1.165) is 18.4 Å². The topological polar surface area (TPSA) is 35.2 Å². The van der Waals surface area contributed by atoms with Crippen LogP contribution in [-0.4, -0.2) is 13.2 Å². The van der Waals surface area contributed by atoms with Crippen LogP contribution in [0.2, 0.25) is 0 Å². The quantitative estimate of drug-likeness (QED) is 0.793. The molecule has 0 amide bonds. The molecule has 2 nitrogen and oxygen atoms in total. The third kappa shape index (κ3) is 4.35. The van der Waals surface area contributed by atoms with Crippen molar-refractivity contribution in [2.45, 2.75) is 33.1 Å². The highest BCUT2D eigenvalue weighted by Gasteiger charge is 2.08. The third-order valence-corrected chi connectivity index (χ3v) is 3.06. The van der Waals surface area contributed by atoms with Crippen molar-refractivity contribution in [2.24, 2.45) is 11.7 Å². The summed E-state index contributed by atoms with van der Waals surface area (Å²) in [7, 11) is 0. The van der Waals surface area contributed by atoms with Crippen LogP contribution in [-0.2, 0) is 6.42 Å². The van der Waals surface area contributed by atoms with Crippen LogP contribution >= 0.6 is 0 Å². The van der Waals surface area contributed by atoms with Crippen molar-refractivity contribution in [3.63, 3.8) is 0 Å². The summed E-state index contributed by atoms with van der Waals surface area (Å²) in [6.45, 7) is 5.37. The minimum Gasteiger partial charge on any atom is -0.490 e. The maximum Gasteiger partial charge on any atom is 0.165 e. The van der Waals surface area contributed by atoms with Crippen molar-refractivity contribution >= 4 is 0 Å². The Labute approximate surface area is 103 Å². The van der Waals surface area contributed by atoms with Gasteiger partial charge in [0, 0.05) is 0 Å². The average Bonchev–Trinajstić information content (AvgIpc) is 2.33. The zero-order valence-electron chi connectivity index (χ0n) is 10.7. The molecule has 0 aromatic heterocycles. The lowest BCUT2D eigenvalue weighted by molar-refractivity contribution is 0.231. The summed E-state index contributed by atoms with van der Waals surface area (Å²) in [6, 6.07) is 5.08. The summed E-state index contributed by atoms with van der Waals surface area (Å²) in [4.78, 5) is 0. The van der Waals surface area contributed by atoms with Crippen molar-refractivity contribution in [1.82, 2.24) is 0 Å². The maximum absolute atomic E-state index is 13.7. The third-order valence-electron chi connectivity index (χ3n) is 3.06. The second-order valence-corrected chi connectivity index (χ2v) is 4.30. The van der Waals surface area contributed by atoms with Crippen molar-refractivity contribution < 1.29 is 9.13 Å². The van der Waals surface area contributed by atoms with E-state index in [1.165, 1.54) is 6.07 Å². The molecular formula is C14H22FNO. The van der Waals surface area contributed by atoms with Crippen LogP contribution in [0, 0.1) is 11.7 Å². The zero-order chi connectivity index (χ0) is 12.7. The standard InChI is InChI=1S/C14H22FNO/c1-3-11(4-2)10-17-14-6-5-12(7-8-16)9-13(14)15/h5-6,9,11H,3-4,7-8,10,16H2,1-2H3. The molecule has 0 atom stereocenters. The van der Waals surface area contributed by atoms with Crippen molar-refractivity contribution in [1.29, 1.82) is 0 Å². The molecular weight excluding hydrogens is 217 g/mol. The van der Waals surface area contributed by atoms with Crippen LogP contribution in [0.4, 0.5) is 4.39 Å². The van der Waals surface area contributed by atoms with E-state index in [9.17, 15) is 4.39 Å². The van der Waals surface area contributed by atoms with E-state index >= 15 is 0 Å². The summed E-state index contributed by atoms with van der Waals surface area (Å²) >= 11 is 0. The van der Waals surface area contributed by atoms with Crippen LogP contribution in [0.25, 0.3) is 0 Å². The Balaban J connectivity index is 2.59. The molecule has 1 aromatic carbocycles. The summed E-state index contributed by atoms with van der Waals surface area (Å²) in [5.41, 5.74) is 6.35. The Morgan fingerprint density at radius 1 is 1.29 bits per heavy atom. The minimum absolute atomic E-state index is 0.290. The van der Waals surface area contributed by atoms with Gasteiger partial charge in [-0.3, -0.25) is 0 Å². The van der Waals surface area contributed by atoms with Gasteiger partial charge in [0.15, 0.2) is 11.6 Å². The minimum atomic E-state index is -0.290. The molecule has 0 aliphatic carbocycles. The fourth-order valence-electron chi connectivity index (χ4n) is 1.72. The highest BCUT2D eigenvalue weighted by molar-refractivity contribution is 5.29. The van der Waals surface area contributed by atoms with Crippen LogP contribution in [0.3, 0.4) is 0 Å². The predicted octanol–water partition coefficient (Wildman–Crippen LogP) is 3.14. The molecule has 0 heterocycles. The fourth-order valence-corrected chi connectivity index (χ4v) is 1.72.